The maximum absolute atomic E-state index is 12.8. The van der Waals surface area contributed by atoms with Crippen LogP contribution in [-0.2, 0) is 28.9 Å². The van der Waals surface area contributed by atoms with Crippen molar-refractivity contribution in [2.75, 3.05) is 0 Å². The maximum atomic E-state index is 12.8. The van der Waals surface area contributed by atoms with Crippen LogP contribution in [-0.4, -0.2) is 23.0 Å². The number of amides is 1. The van der Waals surface area contributed by atoms with E-state index in [9.17, 15) is 19.5 Å². The van der Waals surface area contributed by atoms with Gasteiger partial charge in [0, 0.05) is 40.3 Å². The number of furan rings is 1. The third-order valence-electron chi connectivity index (χ3n) is 6.58. The molecule has 0 unspecified atom stereocenters. The first kappa shape index (κ1) is 22.1. The number of fused-ring (bicyclic) bond motifs is 4. The first-order chi connectivity index (χ1) is 15.2. The summed E-state index contributed by atoms with van der Waals surface area (Å²) in [5, 5.41) is 13.7. The van der Waals surface area contributed by atoms with Crippen molar-refractivity contribution >= 4 is 33.8 Å². The number of carboxylic acids is 1. The Kier molecular flexibility index (Phi) is 5.84. The summed E-state index contributed by atoms with van der Waals surface area (Å²) >= 11 is 0. The third-order valence-corrected chi connectivity index (χ3v) is 6.58. The topological polar surface area (TPSA) is 110 Å². The standard InChI is InChI=1S/C25H29NO6/c1-12(2)21(24(28)29)26-20(27)10-9-15-13(3)17-11-18-16-7-5-6-8-19(16)31-23(18)14(4)22(17)32-25(15)30/h11-12,21H,5-10H2,1-4H3,(H,26,27)(H,28,29)/t21-/m0/s1. The molecule has 2 aromatic heterocycles. The highest BCUT2D eigenvalue weighted by Gasteiger charge is 2.25. The van der Waals surface area contributed by atoms with E-state index in [1.165, 1.54) is 5.56 Å². The second-order valence-corrected chi connectivity index (χ2v) is 9.09. The lowest BCUT2D eigenvalue weighted by atomic mass is 9.93. The number of hydrogen-bond donors (Lipinski definition) is 2. The predicted molar refractivity (Wildman–Crippen MR) is 121 cm³/mol. The van der Waals surface area contributed by atoms with Crippen LogP contribution in [0.3, 0.4) is 0 Å². The van der Waals surface area contributed by atoms with Crippen molar-refractivity contribution < 1.29 is 23.5 Å². The van der Waals surface area contributed by atoms with Gasteiger partial charge in [0.05, 0.1) is 0 Å². The van der Waals surface area contributed by atoms with E-state index in [4.69, 9.17) is 8.83 Å². The van der Waals surface area contributed by atoms with Crippen molar-refractivity contribution in [1.29, 1.82) is 0 Å². The number of aliphatic carboxylic acids is 1. The molecule has 1 amide bonds. The molecule has 2 heterocycles. The smallest absolute Gasteiger partial charge is 0.339 e. The van der Waals surface area contributed by atoms with E-state index in [1.807, 2.05) is 19.9 Å². The van der Waals surface area contributed by atoms with Gasteiger partial charge in [0.1, 0.15) is 23.0 Å². The van der Waals surface area contributed by atoms with Gasteiger partial charge in [0.15, 0.2) is 0 Å². The Bertz CT molecular complexity index is 1280. The van der Waals surface area contributed by atoms with Crippen LogP contribution in [0.5, 0.6) is 0 Å². The van der Waals surface area contributed by atoms with Crippen LogP contribution < -0.4 is 10.9 Å². The number of carbonyl (C=O) groups excluding carboxylic acids is 1. The molecule has 1 atom stereocenters. The van der Waals surface area contributed by atoms with Crippen LogP contribution in [0.1, 0.15) is 61.1 Å². The molecule has 0 fully saturated rings. The van der Waals surface area contributed by atoms with E-state index in [-0.39, 0.29) is 18.8 Å². The zero-order chi connectivity index (χ0) is 23.2. The summed E-state index contributed by atoms with van der Waals surface area (Å²) < 4.78 is 11.8. The average Bonchev–Trinajstić information content (AvgIpc) is 3.11. The Morgan fingerprint density at radius 1 is 1.06 bits per heavy atom. The zero-order valence-corrected chi connectivity index (χ0v) is 19.0. The molecule has 0 spiro atoms. The van der Waals surface area contributed by atoms with E-state index < -0.39 is 23.5 Å². The number of carboxylic acid groups (broad SMARTS) is 1. The monoisotopic (exact) mass is 439 g/mol. The molecule has 0 saturated heterocycles. The van der Waals surface area contributed by atoms with Crippen LogP contribution in [0.2, 0.25) is 0 Å². The Labute approximate surface area is 185 Å². The highest BCUT2D eigenvalue weighted by atomic mass is 16.4. The number of aryl methyl sites for hydroxylation is 4. The molecule has 4 rings (SSSR count). The summed E-state index contributed by atoms with van der Waals surface area (Å²) in [6, 6.07) is 1.09. The van der Waals surface area contributed by atoms with Gasteiger partial charge in [0.25, 0.3) is 0 Å². The van der Waals surface area contributed by atoms with Gasteiger partial charge in [-0.05, 0) is 57.1 Å². The molecule has 3 aromatic rings. The summed E-state index contributed by atoms with van der Waals surface area (Å²) in [4.78, 5) is 36.5. The predicted octanol–water partition coefficient (Wildman–Crippen LogP) is 4.19. The van der Waals surface area contributed by atoms with E-state index >= 15 is 0 Å². The summed E-state index contributed by atoms with van der Waals surface area (Å²) in [6.07, 6.45) is 4.35. The van der Waals surface area contributed by atoms with Crippen molar-refractivity contribution in [1.82, 2.24) is 5.32 Å². The molecule has 7 nitrogen and oxygen atoms in total. The van der Waals surface area contributed by atoms with Crippen LogP contribution in [0.15, 0.2) is 19.7 Å². The molecule has 1 aromatic carbocycles. The number of carbonyl (C=O) groups is 2. The normalized spacial score (nSPS) is 14.7. The number of hydrogen-bond acceptors (Lipinski definition) is 5. The zero-order valence-electron chi connectivity index (χ0n) is 19.0. The molecule has 32 heavy (non-hydrogen) atoms. The summed E-state index contributed by atoms with van der Waals surface area (Å²) in [6.45, 7) is 7.25. The molecule has 0 saturated carbocycles. The summed E-state index contributed by atoms with van der Waals surface area (Å²) in [5.41, 5.74) is 4.13. The van der Waals surface area contributed by atoms with Gasteiger partial charge in [-0.3, -0.25) is 4.79 Å². The van der Waals surface area contributed by atoms with Gasteiger partial charge in [0.2, 0.25) is 5.91 Å². The van der Waals surface area contributed by atoms with E-state index in [0.29, 0.717) is 11.1 Å². The van der Waals surface area contributed by atoms with E-state index in [2.05, 4.69) is 5.32 Å². The van der Waals surface area contributed by atoms with Crippen LogP contribution in [0.4, 0.5) is 0 Å². The fourth-order valence-corrected chi connectivity index (χ4v) is 4.70. The quantitative estimate of drug-likeness (QED) is 0.557. The van der Waals surface area contributed by atoms with Gasteiger partial charge >= 0.3 is 11.6 Å². The molecule has 0 radical (unpaired) electrons. The lowest BCUT2D eigenvalue weighted by Crippen LogP contribution is -2.44. The average molecular weight is 440 g/mol. The molecular weight excluding hydrogens is 410 g/mol. The molecule has 2 N–H and O–H groups in total. The van der Waals surface area contributed by atoms with Gasteiger partial charge in [-0.15, -0.1) is 0 Å². The third kappa shape index (κ3) is 3.80. The van der Waals surface area contributed by atoms with Crippen molar-refractivity contribution in [2.24, 2.45) is 5.92 Å². The molecule has 0 aliphatic heterocycles. The van der Waals surface area contributed by atoms with Crippen molar-refractivity contribution in [3.05, 3.63) is 44.5 Å². The van der Waals surface area contributed by atoms with Crippen LogP contribution >= 0.6 is 0 Å². The first-order valence-corrected chi connectivity index (χ1v) is 11.2. The van der Waals surface area contributed by atoms with Gasteiger partial charge in [-0.2, -0.15) is 0 Å². The highest BCUT2D eigenvalue weighted by Crippen LogP contribution is 2.37. The summed E-state index contributed by atoms with van der Waals surface area (Å²) in [5.74, 6) is -0.687. The minimum Gasteiger partial charge on any atom is -0.480 e. The van der Waals surface area contributed by atoms with Crippen molar-refractivity contribution in [3.63, 3.8) is 0 Å². The van der Waals surface area contributed by atoms with Crippen LogP contribution in [0, 0.1) is 19.8 Å². The lowest BCUT2D eigenvalue weighted by molar-refractivity contribution is -0.143. The van der Waals surface area contributed by atoms with E-state index in [1.54, 1.807) is 13.8 Å². The summed E-state index contributed by atoms with van der Waals surface area (Å²) in [7, 11) is 0. The lowest BCUT2D eigenvalue weighted by Gasteiger charge is -2.18. The minimum atomic E-state index is -1.07. The number of rotatable bonds is 6. The minimum absolute atomic E-state index is 0.00986. The fraction of sp³-hybridized carbons (Fsp3) is 0.480. The maximum Gasteiger partial charge on any atom is 0.339 e. The fourth-order valence-electron chi connectivity index (χ4n) is 4.70. The van der Waals surface area contributed by atoms with Crippen molar-refractivity contribution in [3.8, 4) is 0 Å². The Balaban J connectivity index is 1.68. The Morgan fingerprint density at radius 3 is 2.44 bits per heavy atom. The number of nitrogens with one attached hydrogen (secondary N) is 1. The molecule has 0 bridgehead atoms. The van der Waals surface area contributed by atoms with Crippen molar-refractivity contribution in [2.45, 2.75) is 72.3 Å². The molecule has 7 heteroatoms. The highest BCUT2D eigenvalue weighted by molar-refractivity contribution is 6.00. The van der Waals surface area contributed by atoms with Gasteiger partial charge in [-0.1, -0.05) is 13.8 Å². The Morgan fingerprint density at radius 2 is 1.75 bits per heavy atom. The van der Waals surface area contributed by atoms with E-state index in [0.717, 1.165) is 58.9 Å². The van der Waals surface area contributed by atoms with Gasteiger partial charge < -0.3 is 19.3 Å². The molecule has 170 valence electrons. The first-order valence-electron chi connectivity index (χ1n) is 11.2. The van der Waals surface area contributed by atoms with Crippen LogP contribution in [0.25, 0.3) is 21.9 Å². The Hall–Kier alpha value is -3.09. The SMILES string of the molecule is Cc1c(CCC(=O)N[C@H](C(=O)O)C(C)C)c(=O)oc2c(C)c3oc4c(c3cc12)CCCC4. The second kappa shape index (κ2) is 8.45. The van der Waals surface area contributed by atoms with Gasteiger partial charge in [-0.25, -0.2) is 9.59 Å². The molecule has 1 aliphatic carbocycles. The molecular formula is C25H29NO6. The largest absolute Gasteiger partial charge is 0.480 e. The second-order valence-electron chi connectivity index (χ2n) is 9.09. The number of benzene rings is 1. The molecule has 1 aliphatic rings.